The molecule has 1 aromatic rings. The quantitative estimate of drug-likeness (QED) is 0.823. The Balaban J connectivity index is 1.48. The zero-order chi connectivity index (χ0) is 13.1. The number of hydrogen-bond acceptors (Lipinski definition) is 2. The zero-order valence-corrected chi connectivity index (χ0v) is 12.2. The molecule has 3 N–H and O–H groups in total. The molecule has 4 unspecified atom stereocenters. The summed E-state index contributed by atoms with van der Waals surface area (Å²) in [7, 11) is 0. The predicted molar refractivity (Wildman–Crippen MR) is 77.6 cm³/mol. The van der Waals surface area contributed by atoms with Crippen LogP contribution in [0.5, 0.6) is 0 Å². The van der Waals surface area contributed by atoms with Crippen LogP contribution in [0.4, 0.5) is 5.69 Å². The van der Waals surface area contributed by atoms with Crippen molar-refractivity contribution in [1.29, 1.82) is 0 Å². The first-order chi connectivity index (χ1) is 9.13. The van der Waals surface area contributed by atoms with Crippen LogP contribution in [-0.2, 0) is 0 Å². The number of hydrogen-bond donors (Lipinski definition) is 2. The summed E-state index contributed by atoms with van der Waals surface area (Å²) in [5.74, 6) is 3.33. The largest absolute Gasteiger partial charge is 0.399 e. The van der Waals surface area contributed by atoms with Gasteiger partial charge in [0.25, 0.3) is 5.91 Å². The molecule has 3 aliphatic rings. The molecule has 4 rings (SSSR count). The fourth-order valence-electron chi connectivity index (χ4n) is 4.50. The van der Waals surface area contributed by atoms with Gasteiger partial charge in [0, 0.05) is 21.8 Å². The molecule has 0 aliphatic heterocycles. The van der Waals surface area contributed by atoms with Crippen molar-refractivity contribution >= 4 is 27.5 Å². The second-order valence-electron chi connectivity index (χ2n) is 6.26. The van der Waals surface area contributed by atoms with E-state index in [1.54, 1.807) is 6.07 Å². The van der Waals surface area contributed by atoms with Gasteiger partial charge in [0.1, 0.15) is 0 Å². The van der Waals surface area contributed by atoms with Crippen molar-refractivity contribution in [2.75, 3.05) is 5.73 Å². The van der Waals surface area contributed by atoms with Crippen LogP contribution in [0, 0.1) is 23.7 Å². The SMILES string of the molecule is Nc1cc(Br)cc(C(=O)NC2C3C4CCC(C4)C23)c1. The van der Waals surface area contributed by atoms with Crippen molar-refractivity contribution in [2.24, 2.45) is 23.7 Å². The lowest BCUT2D eigenvalue weighted by Gasteiger charge is -2.11. The summed E-state index contributed by atoms with van der Waals surface area (Å²) in [5, 5.41) is 3.21. The van der Waals surface area contributed by atoms with Crippen molar-refractivity contribution in [3.63, 3.8) is 0 Å². The van der Waals surface area contributed by atoms with Gasteiger partial charge >= 0.3 is 0 Å². The molecule has 3 nitrogen and oxygen atoms in total. The summed E-state index contributed by atoms with van der Waals surface area (Å²) in [5.41, 5.74) is 7.06. The molecule has 0 spiro atoms. The lowest BCUT2D eigenvalue weighted by atomic mass is 10.0. The molecule has 3 aliphatic carbocycles. The minimum absolute atomic E-state index is 0.0202. The average Bonchev–Trinajstić information content (AvgIpc) is 2.76. The number of nitrogens with two attached hydrogens (primary N) is 1. The molecule has 19 heavy (non-hydrogen) atoms. The van der Waals surface area contributed by atoms with Gasteiger partial charge in [0.15, 0.2) is 0 Å². The summed E-state index contributed by atoms with van der Waals surface area (Å²) >= 11 is 3.38. The van der Waals surface area contributed by atoms with Crippen LogP contribution in [0.3, 0.4) is 0 Å². The van der Waals surface area contributed by atoms with E-state index >= 15 is 0 Å². The smallest absolute Gasteiger partial charge is 0.251 e. The van der Waals surface area contributed by atoms with Crippen molar-refractivity contribution in [3.8, 4) is 0 Å². The molecule has 3 fully saturated rings. The lowest BCUT2D eigenvalue weighted by molar-refractivity contribution is 0.0944. The Bertz CT molecular complexity index is 523. The number of fused-ring (bicyclic) bond motifs is 5. The fraction of sp³-hybridized carbons (Fsp3) is 0.533. The number of anilines is 1. The minimum Gasteiger partial charge on any atom is -0.399 e. The van der Waals surface area contributed by atoms with Gasteiger partial charge < -0.3 is 11.1 Å². The van der Waals surface area contributed by atoms with Gasteiger partial charge in [-0.25, -0.2) is 0 Å². The molecule has 0 radical (unpaired) electrons. The van der Waals surface area contributed by atoms with Crippen LogP contribution >= 0.6 is 15.9 Å². The molecule has 0 saturated heterocycles. The van der Waals surface area contributed by atoms with E-state index in [0.29, 0.717) is 17.3 Å². The maximum atomic E-state index is 12.3. The van der Waals surface area contributed by atoms with Crippen LogP contribution in [0.2, 0.25) is 0 Å². The Hall–Kier alpha value is -1.03. The van der Waals surface area contributed by atoms with E-state index < -0.39 is 0 Å². The van der Waals surface area contributed by atoms with E-state index in [4.69, 9.17) is 5.73 Å². The van der Waals surface area contributed by atoms with Gasteiger partial charge in [-0.05, 0) is 61.1 Å². The van der Waals surface area contributed by atoms with Crippen LogP contribution < -0.4 is 11.1 Å². The number of carbonyl (C=O) groups is 1. The molecule has 3 saturated carbocycles. The number of nitrogen functional groups attached to an aromatic ring is 1. The van der Waals surface area contributed by atoms with E-state index in [-0.39, 0.29) is 5.91 Å². The maximum Gasteiger partial charge on any atom is 0.251 e. The first kappa shape index (κ1) is 11.8. The Morgan fingerprint density at radius 2 is 1.89 bits per heavy atom. The van der Waals surface area contributed by atoms with E-state index in [9.17, 15) is 4.79 Å². The Labute approximate surface area is 121 Å². The van der Waals surface area contributed by atoms with Crippen LogP contribution in [0.1, 0.15) is 29.6 Å². The normalized spacial score (nSPS) is 38.1. The third-order valence-corrected chi connectivity index (χ3v) is 5.67. The summed E-state index contributed by atoms with van der Waals surface area (Å²) in [4.78, 5) is 12.3. The Morgan fingerprint density at radius 3 is 2.53 bits per heavy atom. The van der Waals surface area contributed by atoms with Gasteiger partial charge in [0.05, 0.1) is 0 Å². The third kappa shape index (κ3) is 1.80. The summed E-state index contributed by atoms with van der Waals surface area (Å²) < 4.78 is 0.855. The molecular weight excluding hydrogens is 304 g/mol. The predicted octanol–water partition coefficient (Wildman–Crippen LogP) is 2.81. The highest BCUT2D eigenvalue weighted by atomic mass is 79.9. The highest BCUT2D eigenvalue weighted by Gasteiger charge is 2.65. The van der Waals surface area contributed by atoms with Gasteiger partial charge in [-0.1, -0.05) is 15.9 Å². The Morgan fingerprint density at radius 1 is 1.21 bits per heavy atom. The van der Waals surface area contributed by atoms with Crippen molar-refractivity contribution in [1.82, 2.24) is 5.32 Å². The van der Waals surface area contributed by atoms with E-state index in [0.717, 1.165) is 28.1 Å². The standard InChI is InChI=1S/C15H17BrN2O/c16-10-4-9(5-11(17)6-10)15(19)18-14-12-7-1-2-8(3-7)13(12)14/h4-8,12-14H,1-3,17H2,(H,18,19). The maximum absolute atomic E-state index is 12.3. The second kappa shape index (κ2) is 3.98. The zero-order valence-electron chi connectivity index (χ0n) is 10.6. The topological polar surface area (TPSA) is 55.1 Å². The summed E-state index contributed by atoms with van der Waals surface area (Å²) in [6.45, 7) is 0. The molecule has 100 valence electrons. The molecule has 0 heterocycles. The van der Waals surface area contributed by atoms with E-state index in [1.807, 2.05) is 12.1 Å². The van der Waals surface area contributed by atoms with Gasteiger partial charge in [0.2, 0.25) is 0 Å². The monoisotopic (exact) mass is 320 g/mol. The van der Waals surface area contributed by atoms with Gasteiger partial charge in [-0.15, -0.1) is 0 Å². The molecular formula is C15H17BrN2O. The van der Waals surface area contributed by atoms with Crippen molar-refractivity contribution in [2.45, 2.75) is 25.3 Å². The lowest BCUT2D eigenvalue weighted by Crippen LogP contribution is -2.30. The number of carbonyl (C=O) groups excluding carboxylic acids is 1. The van der Waals surface area contributed by atoms with Crippen LogP contribution in [-0.4, -0.2) is 11.9 Å². The first-order valence-electron chi connectivity index (χ1n) is 7.00. The molecule has 4 heteroatoms. The number of benzene rings is 1. The van der Waals surface area contributed by atoms with Crippen molar-refractivity contribution in [3.05, 3.63) is 28.2 Å². The number of rotatable bonds is 2. The third-order valence-electron chi connectivity index (χ3n) is 5.22. The minimum atomic E-state index is 0.0202. The second-order valence-corrected chi connectivity index (χ2v) is 7.18. The average molecular weight is 321 g/mol. The summed E-state index contributed by atoms with van der Waals surface area (Å²) in [6.07, 6.45) is 4.16. The molecule has 0 aromatic heterocycles. The van der Waals surface area contributed by atoms with E-state index in [1.165, 1.54) is 19.3 Å². The van der Waals surface area contributed by atoms with Crippen molar-refractivity contribution < 1.29 is 4.79 Å². The molecule has 1 aromatic carbocycles. The number of halogens is 1. The first-order valence-corrected chi connectivity index (χ1v) is 7.80. The van der Waals surface area contributed by atoms with Crippen LogP contribution in [0.15, 0.2) is 22.7 Å². The van der Waals surface area contributed by atoms with Crippen LogP contribution in [0.25, 0.3) is 0 Å². The van der Waals surface area contributed by atoms with E-state index in [2.05, 4.69) is 21.2 Å². The molecule has 2 bridgehead atoms. The summed E-state index contributed by atoms with van der Waals surface area (Å²) in [6, 6.07) is 5.81. The number of amides is 1. The van der Waals surface area contributed by atoms with Gasteiger partial charge in [-0.3, -0.25) is 4.79 Å². The fourth-order valence-corrected chi connectivity index (χ4v) is 5.01. The van der Waals surface area contributed by atoms with Gasteiger partial charge in [-0.2, -0.15) is 0 Å². The number of nitrogens with one attached hydrogen (secondary N) is 1. The Kier molecular flexibility index (Phi) is 2.47. The molecule has 4 atom stereocenters. The highest BCUT2D eigenvalue weighted by molar-refractivity contribution is 9.10. The highest BCUT2D eigenvalue weighted by Crippen LogP contribution is 2.65. The molecule has 1 amide bonds.